The first-order valence-electron chi connectivity index (χ1n) is 24.1. The Morgan fingerprint density at radius 1 is 0.426 bits per heavy atom. The van der Waals surface area contributed by atoms with Gasteiger partial charge in [-0.3, -0.25) is 61.7 Å². The van der Waals surface area contributed by atoms with Gasteiger partial charge >= 0.3 is 23.9 Å². The molecular weight excluding hydrogens is 824 g/mol. The summed E-state index contributed by atoms with van der Waals surface area (Å²) in [6, 6.07) is 0. The second kappa shape index (κ2) is 19.7. The van der Waals surface area contributed by atoms with Crippen LogP contribution >= 0.6 is 0 Å². The zero-order valence-electron chi connectivity index (χ0n) is 35.7. The molecule has 8 bridgehead atoms. The van der Waals surface area contributed by atoms with Crippen LogP contribution in [0, 0.1) is 71.0 Å². The van der Waals surface area contributed by atoms with Crippen LogP contribution in [0.15, 0.2) is 0 Å². The summed E-state index contributed by atoms with van der Waals surface area (Å²) in [5.41, 5.74) is 0. The van der Waals surface area contributed by atoms with E-state index in [0.717, 1.165) is 83.5 Å². The fraction of sp³-hybridized carbons (Fsp3) is 0.909. The number of ether oxygens (including phenoxy) is 1. The Morgan fingerprint density at radius 2 is 0.721 bits per heavy atom. The molecule has 0 spiro atoms. The van der Waals surface area contributed by atoms with Crippen LogP contribution in [0.2, 0.25) is 0 Å². The van der Waals surface area contributed by atoms with Crippen LogP contribution in [-0.4, -0.2) is 95.1 Å². The van der Waals surface area contributed by atoms with Crippen LogP contribution in [-0.2, 0) is 41.0 Å². The molecule has 0 aromatic heterocycles. The maximum absolute atomic E-state index is 14.5. The molecule has 9 fully saturated rings. The van der Waals surface area contributed by atoms with Crippen molar-refractivity contribution in [1.82, 2.24) is 42.5 Å². The van der Waals surface area contributed by atoms with Crippen molar-refractivity contribution in [3.63, 3.8) is 0 Å². The van der Waals surface area contributed by atoms with Crippen molar-refractivity contribution in [3.8, 4) is 0 Å². The molecule has 11 N–H and O–H groups in total. The van der Waals surface area contributed by atoms with Gasteiger partial charge in [0.2, 0.25) is 0 Å². The molecule has 16 nitrogen and oxygen atoms in total. The van der Waals surface area contributed by atoms with Crippen LogP contribution < -0.4 is 42.5 Å². The number of aliphatic carboxylic acids is 3. The molecule has 0 amide bonds. The Hall–Kier alpha value is -1.92. The van der Waals surface area contributed by atoms with E-state index in [0.29, 0.717) is 30.1 Å². The van der Waals surface area contributed by atoms with Crippen LogP contribution in [0.4, 0.5) is 0 Å². The van der Waals surface area contributed by atoms with Crippen molar-refractivity contribution in [3.05, 3.63) is 0 Å². The van der Waals surface area contributed by atoms with E-state index in [9.17, 15) is 34.5 Å². The molecule has 61 heavy (non-hydrogen) atoms. The first-order valence-corrected chi connectivity index (χ1v) is 24.1. The predicted octanol–water partition coefficient (Wildman–Crippen LogP) is 2.67. The minimum absolute atomic E-state index is 0. The van der Waals surface area contributed by atoms with E-state index in [1.54, 1.807) is 0 Å². The van der Waals surface area contributed by atoms with Gasteiger partial charge < -0.3 is 20.1 Å². The second-order valence-corrected chi connectivity index (χ2v) is 20.2. The largest absolute Gasteiger partial charge is 0.481 e. The molecule has 20 atom stereocenters. The number of rotatable bonds is 11. The van der Waals surface area contributed by atoms with E-state index in [4.69, 9.17) is 4.74 Å². The van der Waals surface area contributed by atoms with Gasteiger partial charge in [-0.25, -0.2) is 0 Å². The van der Waals surface area contributed by atoms with Crippen molar-refractivity contribution in [1.29, 1.82) is 0 Å². The summed E-state index contributed by atoms with van der Waals surface area (Å²) >= 11 is 0. The molecule has 5 saturated heterocycles. The standard InChI is InChI=1S/C44H72N8O8.Fe/c1-2-3-4-5-6-13-20-60-44(59)32-28-27(29(41(53)54)30(42(55)56)31(32)43(57)58)39-50-37-25-18-11-9-16-23(25)35(48-37)46-33-21-14-7-8-15-22(21)34(45-33)47-36-24-17-10-12-19-26(24)38(49-36)51-40(28)52-39;/h21-40,45-52H,2-20H2,1H3,(H,53,54)(H,55,56)(H,57,58);. The van der Waals surface area contributed by atoms with E-state index in [-0.39, 0.29) is 72.5 Å². The van der Waals surface area contributed by atoms with Gasteiger partial charge in [-0.15, -0.1) is 0 Å². The number of carboxylic acids is 3. The van der Waals surface area contributed by atoms with Crippen molar-refractivity contribution in [2.75, 3.05) is 6.61 Å². The summed E-state index contributed by atoms with van der Waals surface area (Å²) < 4.78 is 5.93. The molecule has 5 aliphatic heterocycles. The van der Waals surface area contributed by atoms with Gasteiger partial charge in [0, 0.05) is 28.9 Å². The molecule has 4 saturated carbocycles. The fourth-order valence-electron chi connectivity index (χ4n) is 14.6. The molecule has 9 aliphatic rings. The molecule has 0 aromatic rings. The maximum atomic E-state index is 14.5. The molecular formula is C44H72FeN8O8. The molecule has 17 heteroatoms. The molecule has 0 radical (unpaired) electrons. The molecule has 20 unspecified atom stereocenters. The van der Waals surface area contributed by atoms with Crippen LogP contribution in [0.25, 0.3) is 0 Å². The Kier molecular flexibility index (Phi) is 14.7. The Balaban J connectivity index is 0.00000514. The Labute approximate surface area is 371 Å². The summed E-state index contributed by atoms with van der Waals surface area (Å²) in [5, 5.41) is 64.2. The monoisotopic (exact) mass is 896 g/mol. The topological polar surface area (TPSA) is 234 Å². The van der Waals surface area contributed by atoms with E-state index in [1.165, 1.54) is 25.7 Å². The van der Waals surface area contributed by atoms with Crippen molar-refractivity contribution in [2.24, 2.45) is 71.0 Å². The van der Waals surface area contributed by atoms with Gasteiger partial charge in [-0.1, -0.05) is 77.6 Å². The number of carbonyl (C=O) groups excluding carboxylic acids is 1. The molecule has 5 heterocycles. The SMILES string of the molecule is CCCCCCCCOC(=O)C1C(C(=O)O)C(C(=O)O)C(C(=O)O)C2C3NC4NC(NC5NC(NC6NC(NC(N3)C12)C1CCCCC61)C1CCCCC51)C1CCCCC41.[Fe]. The van der Waals surface area contributed by atoms with Crippen LogP contribution in [0.3, 0.4) is 0 Å². The average molecular weight is 897 g/mol. The molecule has 4 aliphatic carbocycles. The Morgan fingerprint density at radius 3 is 1.08 bits per heavy atom. The van der Waals surface area contributed by atoms with Crippen LogP contribution in [0.5, 0.6) is 0 Å². The normalized spacial score (nSPS) is 46.2. The Bertz CT molecular complexity index is 1580. The van der Waals surface area contributed by atoms with E-state index < -0.39 is 71.7 Å². The number of fused-ring (bicyclic) bond motifs is 20. The van der Waals surface area contributed by atoms with Gasteiger partial charge in [0.25, 0.3) is 0 Å². The van der Waals surface area contributed by atoms with Crippen molar-refractivity contribution < 1.29 is 56.3 Å². The number of unbranched alkanes of at least 4 members (excludes halogenated alkanes) is 5. The molecule has 0 aromatic carbocycles. The average Bonchev–Trinajstić information content (AvgIpc) is 3.98. The van der Waals surface area contributed by atoms with Gasteiger partial charge in [0.1, 0.15) is 0 Å². The second-order valence-electron chi connectivity index (χ2n) is 20.2. The zero-order chi connectivity index (χ0) is 41.7. The number of carbonyl (C=O) groups is 4. The summed E-state index contributed by atoms with van der Waals surface area (Å²) in [6.45, 7) is 2.25. The van der Waals surface area contributed by atoms with Gasteiger partial charge in [0.05, 0.1) is 79.6 Å². The first kappa shape index (κ1) is 45.6. The minimum atomic E-state index is -1.84. The quantitative estimate of drug-likeness (QED) is 0.0813. The zero-order valence-corrected chi connectivity index (χ0v) is 36.8. The van der Waals surface area contributed by atoms with Gasteiger partial charge in [-0.2, -0.15) is 0 Å². The first-order chi connectivity index (χ1) is 29.1. The van der Waals surface area contributed by atoms with Gasteiger partial charge in [0.15, 0.2) is 0 Å². The van der Waals surface area contributed by atoms with E-state index >= 15 is 0 Å². The number of hydrogen-bond donors (Lipinski definition) is 11. The van der Waals surface area contributed by atoms with E-state index in [1.807, 2.05) is 0 Å². The van der Waals surface area contributed by atoms with Crippen LogP contribution in [0.1, 0.15) is 122 Å². The smallest absolute Gasteiger partial charge is 0.310 e. The van der Waals surface area contributed by atoms with E-state index in [2.05, 4.69) is 49.5 Å². The number of nitrogens with one attached hydrogen (secondary N) is 8. The maximum Gasteiger partial charge on any atom is 0.310 e. The third-order valence-electron chi connectivity index (χ3n) is 17.1. The number of hydrogen-bond acceptors (Lipinski definition) is 13. The molecule has 344 valence electrons. The minimum Gasteiger partial charge on any atom is -0.481 e. The third kappa shape index (κ3) is 8.80. The van der Waals surface area contributed by atoms with Crippen molar-refractivity contribution >= 4 is 23.9 Å². The fourth-order valence-corrected chi connectivity index (χ4v) is 14.6. The summed E-state index contributed by atoms with van der Waals surface area (Å²) in [6.07, 6.45) is 17.6. The summed E-state index contributed by atoms with van der Waals surface area (Å²) in [4.78, 5) is 54.7. The third-order valence-corrected chi connectivity index (χ3v) is 17.1. The van der Waals surface area contributed by atoms with Crippen molar-refractivity contribution in [2.45, 2.75) is 172 Å². The summed E-state index contributed by atoms with van der Waals surface area (Å²) in [5.74, 6) is -11.4. The molecule has 9 rings (SSSR count). The number of carboxylic acid groups (broad SMARTS) is 3. The van der Waals surface area contributed by atoms with Gasteiger partial charge in [-0.05, 0) is 80.5 Å². The summed E-state index contributed by atoms with van der Waals surface area (Å²) in [7, 11) is 0. The number of esters is 1. The predicted molar refractivity (Wildman–Crippen MR) is 220 cm³/mol.